The molecule has 1 nitrogen and oxygen atoms in total. The molecule has 0 saturated heterocycles. The molecule has 0 spiro atoms. The third kappa shape index (κ3) is 2.66. The van der Waals surface area contributed by atoms with E-state index in [9.17, 15) is 9.18 Å². The molecule has 0 atom stereocenters. The highest BCUT2D eigenvalue weighted by Crippen LogP contribution is 2.22. The molecule has 1 aromatic rings. The van der Waals surface area contributed by atoms with Gasteiger partial charge in [-0.15, -0.1) is 0 Å². The van der Waals surface area contributed by atoms with Gasteiger partial charge in [0.25, 0.3) is 0 Å². The van der Waals surface area contributed by atoms with Gasteiger partial charge in [-0.2, -0.15) is 0 Å². The average molecular weight is 194 g/mol. The zero-order chi connectivity index (χ0) is 10.8. The van der Waals surface area contributed by atoms with Crippen LogP contribution >= 0.6 is 0 Å². The van der Waals surface area contributed by atoms with Gasteiger partial charge < -0.3 is 0 Å². The van der Waals surface area contributed by atoms with Crippen molar-refractivity contribution in [2.24, 2.45) is 5.41 Å². The first-order chi connectivity index (χ1) is 6.42. The Hall–Kier alpha value is -1.18. The number of carbonyl (C=O) groups is 1. The van der Waals surface area contributed by atoms with Crippen molar-refractivity contribution in [2.45, 2.75) is 27.2 Å². The Morgan fingerprint density at radius 2 is 1.79 bits per heavy atom. The molecule has 14 heavy (non-hydrogen) atoms. The van der Waals surface area contributed by atoms with Crippen molar-refractivity contribution in [3.63, 3.8) is 0 Å². The number of ketones is 1. The van der Waals surface area contributed by atoms with Gasteiger partial charge >= 0.3 is 0 Å². The average Bonchev–Trinajstić information content (AvgIpc) is 2.08. The van der Waals surface area contributed by atoms with Gasteiger partial charge in [0.05, 0.1) is 0 Å². The van der Waals surface area contributed by atoms with Crippen LogP contribution < -0.4 is 0 Å². The topological polar surface area (TPSA) is 17.1 Å². The number of rotatable bonds is 3. The molecule has 0 amide bonds. The third-order valence-electron chi connectivity index (χ3n) is 2.51. The van der Waals surface area contributed by atoms with Crippen LogP contribution in [-0.2, 0) is 11.2 Å². The molecule has 76 valence electrons. The second-order valence-corrected chi connectivity index (χ2v) is 4.24. The van der Waals surface area contributed by atoms with Crippen molar-refractivity contribution in [1.82, 2.24) is 0 Å². The lowest BCUT2D eigenvalue weighted by molar-refractivity contribution is -0.124. The number of benzene rings is 1. The van der Waals surface area contributed by atoms with Crippen molar-refractivity contribution in [1.29, 1.82) is 0 Å². The molecule has 1 aromatic carbocycles. The summed E-state index contributed by atoms with van der Waals surface area (Å²) in [6, 6.07) is 6.29. The molecule has 0 unspecified atom stereocenters. The molecular weight excluding hydrogens is 179 g/mol. The van der Waals surface area contributed by atoms with Gasteiger partial charge in [-0.05, 0) is 31.0 Å². The van der Waals surface area contributed by atoms with E-state index in [1.807, 2.05) is 13.8 Å². The molecule has 0 saturated carbocycles. The number of halogens is 1. The van der Waals surface area contributed by atoms with Gasteiger partial charge in [0.15, 0.2) is 0 Å². The Bertz CT molecular complexity index is 325. The maximum atomic E-state index is 12.6. The number of Topliss-reactive ketones (excluding diaryl/α,β-unsaturated/α-hetero) is 1. The number of hydrogen-bond acceptors (Lipinski definition) is 1. The largest absolute Gasteiger partial charge is 0.299 e. The van der Waals surface area contributed by atoms with Crippen LogP contribution in [-0.4, -0.2) is 5.78 Å². The Balaban J connectivity index is 2.79. The summed E-state index contributed by atoms with van der Waals surface area (Å²) < 4.78 is 12.6. The van der Waals surface area contributed by atoms with Gasteiger partial charge in [-0.1, -0.05) is 26.0 Å². The highest BCUT2D eigenvalue weighted by Gasteiger charge is 2.23. The van der Waals surface area contributed by atoms with Crippen LogP contribution in [0.2, 0.25) is 0 Å². The predicted octanol–water partition coefficient (Wildman–Crippen LogP) is 2.98. The lowest BCUT2D eigenvalue weighted by Gasteiger charge is -2.20. The molecule has 2 heteroatoms. The van der Waals surface area contributed by atoms with Crippen LogP contribution in [0.3, 0.4) is 0 Å². The van der Waals surface area contributed by atoms with Gasteiger partial charge in [0.2, 0.25) is 0 Å². The monoisotopic (exact) mass is 194 g/mol. The van der Waals surface area contributed by atoms with Gasteiger partial charge in [0, 0.05) is 5.41 Å². The lowest BCUT2D eigenvalue weighted by atomic mass is 9.82. The van der Waals surface area contributed by atoms with Crippen LogP contribution in [0.25, 0.3) is 0 Å². The first kappa shape index (κ1) is 10.9. The van der Waals surface area contributed by atoms with Gasteiger partial charge in [-0.25, -0.2) is 4.39 Å². The van der Waals surface area contributed by atoms with Crippen molar-refractivity contribution in [2.75, 3.05) is 0 Å². The van der Waals surface area contributed by atoms with Crippen LogP contribution in [0, 0.1) is 11.2 Å². The molecule has 0 fully saturated rings. The van der Waals surface area contributed by atoms with E-state index in [2.05, 4.69) is 0 Å². The second kappa shape index (κ2) is 3.91. The zero-order valence-corrected chi connectivity index (χ0v) is 8.80. The van der Waals surface area contributed by atoms with Crippen LogP contribution in [0.4, 0.5) is 4.39 Å². The Morgan fingerprint density at radius 3 is 2.21 bits per heavy atom. The van der Waals surface area contributed by atoms with Crippen LogP contribution in [0.15, 0.2) is 24.3 Å². The Labute approximate surface area is 83.9 Å². The summed E-state index contributed by atoms with van der Waals surface area (Å²) in [5.74, 6) is -0.0868. The zero-order valence-electron chi connectivity index (χ0n) is 8.80. The molecule has 0 N–H and O–H groups in total. The van der Waals surface area contributed by atoms with E-state index in [0.29, 0.717) is 6.42 Å². The van der Waals surface area contributed by atoms with Crippen molar-refractivity contribution in [3.8, 4) is 0 Å². The van der Waals surface area contributed by atoms with E-state index in [0.717, 1.165) is 5.56 Å². The smallest absolute Gasteiger partial charge is 0.135 e. The second-order valence-electron chi connectivity index (χ2n) is 4.24. The third-order valence-corrected chi connectivity index (χ3v) is 2.51. The minimum Gasteiger partial charge on any atom is -0.299 e. The SMILES string of the molecule is CC(=O)C(C)(C)Cc1ccc(F)cc1. The van der Waals surface area contributed by atoms with E-state index in [1.165, 1.54) is 12.1 Å². The molecule has 0 heterocycles. The first-order valence-corrected chi connectivity index (χ1v) is 4.67. The van der Waals surface area contributed by atoms with Crippen molar-refractivity contribution >= 4 is 5.78 Å². The predicted molar refractivity (Wildman–Crippen MR) is 54.6 cm³/mol. The normalized spacial score (nSPS) is 11.4. The van der Waals surface area contributed by atoms with Crippen LogP contribution in [0.5, 0.6) is 0 Å². The minimum atomic E-state index is -0.363. The molecule has 0 radical (unpaired) electrons. The summed E-state index contributed by atoms with van der Waals surface area (Å²) in [5, 5.41) is 0. The lowest BCUT2D eigenvalue weighted by Crippen LogP contribution is -2.23. The quantitative estimate of drug-likeness (QED) is 0.723. The minimum absolute atomic E-state index is 0.154. The van der Waals surface area contributed by atoms with Crippen molar-refractivity contribution in [3.05, 3.63) is 35.6 Å². The summed E-state index contributed by atoms with van der Waals surface area (Å²) in [5.41, 5.74) is 0.629. The van der Waals surface area contributed by atoms with Crippen molar-refractivity contribution < 1.29 is 9.18 Å². The molecule has 0 aromatic heterocycles. The summed E-state index contributed by atoms with van der Waals surface area (Å²) in [6.07, 6.45) is 0.655. The molecule has 0 bridgehead atoms. The maximum absolute atomic E-state index is 12.6. The summed E-state index contributed by atoms with van der Waals surface area (Å²) in [4.78, 5) is 11.3. The van der Waals surface area contributed by atoms with E-state index >= 15 is 0 Å². The van der Waals surface area contributed by atoms with E-state index < -0.39 is 0 Å². The van der Waals surface area contributed by atoms with E-state index in [4.69, 9.17) is 0 Å². The summed E-state index contributed by atoms with van der Waals surface area (Å²) in [6.45, 7) is 5.39. The standard InChI is InChI=1S/C12H15FO/c1-9(14)12(2,3)8-10-4-6-11(13)7-5-10/h4-7H,8H2,1-3H3. The summed E-state index contributed by atoms with van der Waals surface area (Å²) >= 11 is 0. The number of hydrogen-bond donors (Lipinski definition) is 0. The van der Waals surface area contributed by atoms with Gasteiger partial charge in [-0.3, -0.25) is 4.79 Å². The Morgan fingerprint density at radius 1 is 1.29 bits per heavy atom. The highest BCUT2D eigenvalue weighted by atomic mass is 19.1. The Kier molecular flexibility index (Phi) is 3.04. The summed E-state index contributed by atoms with van der Waals surface area (Å²) in [7, 11) is 0. The molecular formula is C12H15FO. The molecule has 0 aliphatic rings. The highest BCUT2D eigenvalue weighted by molar-refractivity contribution is 5.81. The number of carbonyl (C=O) groups excluding carboxylic acids is 1. The van der Waals surface area contributed by atoms with E-state index in [1.54, 1.807) is 19.1 Å². The van der Waals surface area contributed by atoms with Gasteiger partial charge in [0.1, 0.15) is 11.6 Å². The molecule has 1 rings (SSSR count). The maximum Gasteiger partial charge on any atom is 0.135 e. The fourth-order valence-electron chi connectivity index (χ4n) is 1.24. The first-order valence-electron chi connectivity index (χ1n) is 4.67. The molecule has 0 aliphatic heterocycles. The van der Waals surface area contributed by atoms with E-state index in [-0.39, 0.29) is 17.0 Å². The fraction of sp³-hybridized carbons (Fsp3) is 0.417. The fourth-order valence-corrected chi connectivity index (χ4v) is 1.24. The molecule has 0 aliphatic carbocycles. The van der Waals surface area contributed by atoms with Crippen LogP contribution in [0.1, 0.15) is 26.3 Å².